The predicted molar refractivity (Wildman–Crippen MR) is 149 cm³/mol. The molecule has 3 saturated carbocycles. The van der Waals surface area contributed by atoms with Crippen LogP contribution in [0.15, 0.2) is 17.2 Å². The number of nitrogens with zero attached hydrogens (tertiary/aromatic N) is 1. The third-order valence-corrected chi connectivity index (χ3v) is 10.9. The van der Waals surface area contributed by atoms with Crippen LogP contribution in [0, 0.1) is 35.0 Å². The smallest absolute Gasteiger partial charge is 0.417 e. The van der Waals surface area contributed by atoms with Crippen LogP contribution in [0.4, 0.5) is 13.2 Å². The SMILES string of the molecule is CC1=C2C(=O)c3c(O)cc(CNC4CC5CCC4C5)c(C(F)(F)F)c3CC2CC2C(N(C)C)C(=O)C(C(N)=O)C(=N)C12O. The molecule has 9 nitrogen and oxygen atoms in total. The molecule has 0 spiro atoms. The van der Waals surface area contributed by atoms with Crippen LogP contribution in [0.5, 0.6) is 5.75 Å². The van der Waals surface area contributed by atoms with Crippen molar-refractivity contribution in [2.24, 2.45) is 35.3 Å². The van der Waals surface area contributed by atoms with Gasteiger partial charge in [-0.15, -0.1) is 0 Å². The molecule has 1 aromatic carbocycles. The van der Waals surface area contributed by atoms with Crippen molar-refractivity contribution in [3.8, 4) is 5.75 Å². The minimum Gasteiger partial charge on any atom is -0.507 e. The number of rotatable bonds is 5. The molecule has 0 aromatic heterocycles. The predicted octanol–water partition coefficient (Wildman–Crippen LogP) is 2.75. The molecule has 0 saturated heterocycles. The number of benzene rings is 1. The van der Waals surface area contributed by atoms with Gasteiger partial charge in [0.25, 0.3) is 0 Å². The Morgan fingerprint density at radius 2 is 1.91 bits per heavy atom. The maximum Gasteiger partial charge on any atom is 0.417 e. The highest BCUT2D eigenvalue weighted by atomic mass is 19.4. The molecular formula is C31H37F3N4O5. The molecule has 0 heterocycles. The highest BCUT2D eigenvalue weighted by Gasteiger charge is 2.63. The molecular weight excluding hydrogens is 565 g/mol. The number of carbonyl (C=O) groups excluding carboxylic acids is 3. The molecule has 6 rings (SSSR count). The van der Waals surface area contributed by atoms with Crippen molar-refractivity contribution >= 4 is 23.2 Å². The Morgan fingerprint density at radius 3 is 2.47 bits per heavy atom. The van der Waals surface area contributed by atoms with Gasteiger partial charge in [0.15, 0.2) is 11.6 Å². The van der Waals surface area contributed by atoms with E-state index >= 15 is 0 Å². The van der Waals surface area contributed by atoms with Crippen LogP contribution in [0.1, 0.15) is 66.1 Å². The number of hydrogen-bond acceptors (Lipinski definition) is 8. The summed E-state index contributed by atoms with van der Waals surface area (Å²) in [5, 5.41) is 35.1. The summed E-state index contributed by atoms with van der Waals surface area (Å²) in [5.41, 5.74) is 0.819. The zero-order valence-corrected chi connectivity index (χ0v) is 24.3. The van der Waals surface area contributed by atoms with Gasteiger partial charge in [-0.2, -0.15) is 13.2 Å². The van der Waals surface area contributed by atoms with Crippen LogP contribution in [0.2, 0.25) is 0 Å². The summed E-state index contributed by atoms with van der Waals surface area (Å²) in [5.74, 6) is -5.71. The number of allylic oxidation sites excluding steroid dienone is 1. The number of amides is 1. The van der Waals surface area contributed by atoms with E-state index in [2.05, 4.69) is 5.32 Å². The van der Waals surface area contributed by atoms with Crippen LogP contribution in [0.25, 0.3) is 0 Å². The highest BCUT2D eigenvalue weighted by molar-refractivity contribution is 6.26. The maximum atomic E-state index is 14.8. The van der Waals surface area contributed by atoms with Gasteiger partial charge in [-0.25, -0.2) is 0 Å². The van der Waals surface area contributed by atoms with Crippen molar-refractivity contribution in [1.82, 2.24) is 10.2 Å². The monoisotopic (exact) mass is 602 g/mol. The molecule has 43 heavy (non-hydrogen) atoms. The first-order valence-electron chi connectivity index (χ1n) is 14.8. The Morgan fingerprint density at radius 1 is 1.21 bits per heavy atom. The topological polar surface area (TPSA) is 157 Å². The number of ketones is 2. The number of nitrogens with one attached hydrogen (secondary N) is 2. The number of hydrogen-bond donors (Lipinski definition) is 5. The van der Waals surface area contributed by atoms with Crippen LogP contribution in [-0.4, -0.2) is 70.1 Å². The number of likely N-dealkylation sites (N-methyl/N-ethyl adjacent to an activating group) is 1. The van der Waals surface area contributed by atoms with E-state index in [0.29, 0.717) is 11.8 Å². The lowest BCUT2D eigenvalue weighted by Crippen LogP contribution is -2.69. The second kappa shape index (κ2) is 9.97. The summed E-state index contributed by atoms with van der Waals surface area (Å²) in [6.07, 6.45) is -0.943. The Labute approximate surface area is 247 Å². The van der Waals surface area contributed by atoms with Crippen molar-refractivity contribution in [3.05, 3.63) is 39.5 Å². The Balaban J connectivity index is 1.45. The van der Waals surface area contributed by atoms with E-state index in [1.165, 1.54) is 11.8 Å². The van der Waals surface area contributed by atoms with Gasteiger partial charge < -0.3 is 26.7 Å². The van der Waals surface area contributed by atoms with Crippen molar-refractivity contribution < 1.29 is 37.8 Å². The first-order valence-corrected chi connectivity index (χ1v) is 14.8. The zero-order valence-electron chi connectivity index (χ0n) is 24.3. The van der Waals surface area contributed by atoms with E-state index in [4.69, 9.17) is 11.1 Å². The minimum absolute atomic E-state index is 0.00218. The number of carbonyl (C=O) groups is 3. The van der Waals surface area contributed by atoms with Gasteiger partial charge >= 0.3 is 6.18 Å². The number of Topliss-reactive ketones (excluding diaryl/α,β-unsaturated/α-hetero) is 2. The van der Waals surface area contributed by atoms with Crippen molar-refractivity contribution in [1.29, 1.82) is 5.41 Å². The fourth-order valence-electron chi connectivity index (χ4n) is 9.16. The molecule has 6 N–H and O–H groups in total. The summed E-state index contributed by atoms with van der Waals surface area (Å²) >= 11 is 0. The molecule has 1 aromatic rings. The fraction of sp³-hybridized carbons (Fsp3) is 0.613. The van der Waals surface area contributed by atoms with Crippen LogP contribution < -0.4 is 11.1 Å². The molecule has 8 unspecified atom stereocenters. The van der Waals surface area contributed by atoms with Crippen LogP contribution >= 0.6 is 0 Å². The van der Waals surface area contributed by atoms with Gasteiger partial charge in [0, 0.05) is 24.1 Å². The largest absolute Gasteiger partial charge is 0.507 e. The van der Waals surface area contributed by atoms with Gasteiger partial charge in [-0.1, -0.05) is 6.42 Å². The van der Waals surface area contributed by atoms with E-state index in [-0.39, 0.29) is 47.7 Å². The average Bonchev–Trinajstić information content (AvgIpc) is 3.52. The zero-order chi connectivity index (χ0) is 31.3. The number of aromatic hydroxyl groups is 1. The summed E-state index contributed by atoms with van der Waals surface area (Å²) in [6.45, 7) is 1.30. The Bertz CT molecular complexity index is 1490. The quantitative estimate of drug-likeness (QED) is 0.325. The van der Waals surface area contributed by atoms with E-state index in [1.807, 2.05) is 0 Å². The second-order valence-corrected chi connectivity index (χ2v) is 13.4. The molecule has 0 aliphatic heterocycles. The lowest BCUT2D eigenvalue weighted by Gasteiger charge is -2.53. The number of primary amides is 1. The molecule has 3 fully saturated rings. The van der Waals surface area contributed by atoms with E-state index in [1.54, 1.807) is 14.1 Å². The van der Waals surface area contributed by atoms with Gasteiger partial charge in [0.2, 0.25) is 5.91 Å². The molecule has 5 aliphatic carbocycles. The number of phenols is 1. The molecule has 8 atom stereocenters. The summed E-state index contributed by atoms with van der Waals surface area (Å²) < 4.78 is 44.3. The van der Waals surface area contributed by atoms with Gasteiger partial charge in [0.1, 0.15) is 17.3 Å². The number of nitrogens with two attached hydrogens (primary N) is 1. The van der Waals surface area contributed by atoms with Crippen molar-refractivity contribution in [3.63, 3.8) is 0 Å². The number of halogens is 3. The van der Waals surface area contributed by atoms with Crippen LogP contribution in [-0.2, 0) is 28.7 Å². The molecule has 2 bridgehead atoms. The minimum atomic E-state index is -4.81. The Kier molecular flexibility index (Phi) is 6.94. The lowest BCUT2D eigenvalue weighted by molar-refractivity contribution is -0.139. The molecule has 12 heteroatoms. The van der Waals surface area contributed by atoms with Crippen molar-refractivity contribution in [2.75, 3.05) is 14.1 Å². The van der Waals surface area contributed by atoms with Gasteiger partial charge in [-0.05, 0) is 93.6 Å². The lowest BCUT2D eigenvalue weighted by atomic mass is 9.54. The number of alkyl halides is 3. The van der Waals surface area contributed by atoms with Crippen molar-refractivity contribution in [2.45, 2.75) is 75.9 Å². The third kappa shape index (κ3) is 4.31. The first-order chi connectivity index (χ1) is 20.1. The molecule has 1 amide bonds. The molecule has 5 aliphatic rings. The average molecular weight is 603 g/mol. The molecule has 0 radical (unpaired) electrons. The van der Waals surface area contributed by atoms with E-state index in [0.717, 1.165) is 31.7 Å². The maximum absolute atomic E-state index is 14.8. The number of fused-ring (bicyclic) bond motifs is 5. The third-order valence-electron chi connectivity index (χ3n) is 10.9. The Hall–Kier alpha value is -3.09. The van der Waals surface area contributed by atoms with E-state index < -0.39 is 75.6 Å². The number of aliphatic hydroxyl groups is 1. The van der Waals surface area contributed by atoms with E-state index in [9.17, 15) is 37.8 Å². The van der Waals surface area contributed by atoms with Gasteiger partial charge in [0.05, 0.1) is 22.9 Å². The first kappa shape index (κ1) is 30.0. The summed E-state index contributed by atoms with van der Waals surface area (Å²) in [6, 6.07) is 0.0552. The fourth-order valence-corrected chi connectivity index (χ4v) is 9.16. The number of phenolic OH excluding ortho intramolecular Hbond substituents is 1. The summed E-state index contributed by atoms with van der Waals surface area (Å²) in [7, 11) is 3.14. The van der Waals surface area contributed by atoms with Crippen LogP contribution in [0.3, 0.4) is 0 Å². The highest BCUT2D eigenvalue weighted by Crippen LogP contribution is 2.54. The van der Waals surface area contributed by atoms with Gasteiger partial charge in [-0.3, -0.25) is 19.3 Å². The second-order valence-electron chi connectivity index (χ2n) is 13.4. The molecule has 232 valence electrons. The normalized spacial score (nSPS) is 35.3. The summed E-state index contributed by atoms with van der Waals surface area (Å²) in [4.78, 5) is 41.1. The standard InChI is InChI=1S/C31H37F3N4O5/c1-12-21-15(9-18-25(38(2)3)27(41)23(29(36)42)28(35)30(12,18)43)8-17-22(26(21)40)20(39)10-16(24(17)31(32,33)34)11-37-19-7-13-4-5-14(19)6-13/h10,13-15,18-19,23,25,35,37,39,43H,4-9,11H2,1-3H3,(H2,36,42).